The Hall–Kier alpha value is -0.900. The molecule has 1 heterocycles. The third-order valence-electron chi connectivity index (χ3n) is 2.65. The van der Waals surface area contributed by atoms with Crippen molar-refractivity contribution in [1.82, 2.24) is 4.98 Å². The lowest BCUT2D eigenvalue weighted by Gasteiger charge is -2.16. The van der Waals surface area contributed by atoms with E-state index in [-0.39, 0.29) is 11.8 Å². The molecule has 0 saturated heterocycles. The van der Waals surface area contributed by atoms with Crippen LogP contribution in [0, 0.1) is 5.92 Å². The molecule has 0 radical (unpaired) electrons. The normalized spacial score (nSPS) is 13.4. The molecule has 90 valence electrons. The average Bonchev–Trinajstić information content (AvgIpc) is 2.61. The second-order valence-electron chi connectivity index (χ2n) is 4.78. The number of nitrogens with zero attached hydrogens (tertiary/aromatic N) is 1. The van der Waals surface area contributed by atoms with E-state index < -0.39 is 0 Å². The van der Waals surface area contributed by atoms with Gasteiger partial charge in [0.05, 0.1) is 5.01 Å². The highest BCUT2D eigenvalue weighted by molar-refractivity contribution is 7.11. The Labute approximate surface area is 101 Å². The van der Waals surface area contributed by atoms with E-state index in [2.05, 4.69) is 32.7 Å². The Kier molecular flexibility index (Phi) is 4.47. The Morgan fingerprint density at radius 2 is 2.06 bits per heavy atom. The number of hydrogen-bond donors (Lipinski definition) is 1. The zero-order valence-electron chi connectivity index (χ0n) is 10.4. The largest absolute Gasteiger partial charge is 0.370 e. The van der Waals surface area contributed by atoms with Crippen molar-refractivity contribution in [2.75, 3.05) is 0 Å². The zero-order valence-corrected chi connectivity index (χ0v) is 11.2. The van der Waals surface area contributed by atoms with Crippen molar-refractivity contribution in [3.05, 3.63) is 16.1 Å². The van der Waals surface area contributed by atoms with E-state index >= 15 is 0 Å². The second-order valence-corrected chi connectivity index (χ2v) is 5.87. The van der Waals surface area contributed by atoms with Crippen LogP contribution in [-0.4, -0.2) is 10.9 Å². The molecule has 2 N–H and O–H groups in total. The minimum absolute atomic E-state index is 0.162. The first kappa shape index (κ1) is 13.2. The first-order valence-corrected chi connectivity index (χ1v) is 6.47. The van der Waals surface area contributed by atoms with Gasteiger partial charge < -0.3 is 5.73 Å². The number of amides is 1. The predicted octanol–water partition coefficient (Wildman–Crippen LogP) is 2.88. The van der Waals surface area contributed by atoms with E-state index in [4.69, 9.17) is 5.73 Å². The van der Waals surface area contributed by atoms with Gasteiger partial charge in [-0.1, -0.05) is 27.7 Å². The van der Waals surface area contributed by atoms with Crippen LogP contribution in [0.4, 0.5) is 0 Å². The van der Waals surface area contributed by atoms with Gasteiger partial charge in [-0.3, -0.25) is 4.79 Å². The third-order valence-corrected chi connectivity index (χ3v) is 4.08. The Bertz CT molecular complexity index is 358. The van der Waals surface area contributed by atoms with Crippen LogP contribution >= 0.6 is 11.3 Å². The van der Waals surface area contributed by atoms with Crippen LogP contribution in [0.25, 0.3) is 0 Å². The van der Waals surface area contributed by atoms with Gasteiger partial charge in [0.25, 0.3) is 0 Å². The van der Waals surface area contributed by atoms with Gasteiger partial charge in [-0.05, 0) is 11.8 Å². The molecule has 3 nitrogen and oxygen atoms in total. The lowest BCUT2D eigenvalue weighted by Crippen LogP contribution is -2.18. The molecule has 1 aromatic rings. The van der Waals surface area contributed by atoms with E-state index in [0.29, 0.717) is 18.3 Å². The highest BCUT2D eigenvalue weighted by Gasteiger charge is 2.22. The molecule has 0 aliphatic carbocycles. The van der Waals surface area contributed by atoms with Crippen LogP contribution in [0.3, 0.4) is 0 Å². The summed E-state index contributed by atoms with van der Waals surface area (Å²) in [7, 11) is 0. The summed E-state index contributed by atoms with van der Waals surface area (Å²) in [5.41, 5.74) is 5.27. The van der Waals surface area contributed by atoms with Gasteiger partial charge in [0.2, 0.25) is 5.91 Å². The van der Waals surface area contributed by atoms with E-state index in [0.717, 1.165) is 5.01 Å². The molecule has 0 fully saturated rings. The highest BCUT2D eigenvalue weighted by atomic mass is 32.1. The summed E-state index contributed by atoms with van der Waals surface area (Å²) in [4.78, 5) is 16.7. The minimum Gasteiger partial charge on any atom is -0.370 e. The molecule has 0 bridgehead atoms. The standard InChI is InChI=1S/C12H20N2OS/c1-7(2)9(5-11(13)15)12-14-6-10(16-12)8(3)4/h6-9H,5H2,1-4H3,(H2,13,15). The molecule has 0 saturated carbocycles. The van der Waals surface area contributed by atoms with Crippen LogP contribution in [0.1, 0.15) is 55.8 Å². The number of carbonyl (C=O) groups excluding carboxylic acids is 1. The average molecular weight is 240 g/mol. The summed E-state index contributed by atoms with van der Waals surface area (Å²) in [6.45, 7) is 8.50. The van der Waals surface area contributed by atoms with Gasteiger partial charge in [-0.25, -0.2) is 4.98 Å². The smallest absolute Gasteiger partial charge is 0.218 e. The van der Waals surface area contributed by atoms with Crippen molar-refractivity contribution in [1.29, 1.82) is 0 Å². The first-order chi connectivity index (χ1) is 7.41. The van der Waals surface area contributed by atoms with Gasteiger partial charge >= 0.3 is 0 Å². The molecule has 4 heteroatoms. The van der Waals surface area contributed by atoms with Crippen LogP contribution in [0.5, 0.6) is 0 Å². The fourth-order valence-corrected chi connectivity index (χ4v) is 2.76. The van der Waals surface area contributed by atoms with Crippen LogP contribution < -0.4 is 5.73 Å². The van der Waals surface area contributed by atoms with Gasteiger partial charge in [0, 0.05) is 23.4 Å². The molecular weight excluding hydrogens is 220 g/mol. The minimum atomic E-state index is -0.250. The first-order valence-electron chi connectivity index (χ1n) is 5.65. The summed E-state index contributed by atoms with van der Waals surface area (Å²) in [6, 6.07) is 0. The Balaban J connectivity index is 2.88. The monoisotopic (exact) mass is 240 g/mol. The van der Waals surface area contributed by atoms with Crippen LogP contribution in [-0.2, 0) is 4.79 Å². The maximum atomic E-state index is 11.0. The molecule has 0 aliphatic rings. The maximum absolute atomic E-state index is 11.0. The molecule has 1 unspecified atom stereocenters. The SMILES string of the molecule is CC(C)c1cnc(C(CC(N)=O)C(C)C)s1. The van der Waals surface area contributed by atoms with Gasteiger partial charge in [-0.15, -0.1) is 11.3 Å². The van der Waals surface area contributed by atoms with E-state index in [9.17, 15) is 4.79 Å². The van der Waals surface area contributed by atoms with E-state index in [1.165, 1.54) is 4.88 Å². The van der Waals surface area contributed by atoms with Crippen molar-refractivity contribution >= 4 is 17.2 Å². The molecule has 0 aromatic carbocycles. The zero-order chi connectivity index (χ0) is 12.3. The number of thiazole rings is 1. The number of carbonyl (C=O) groups is 1. The summed E-state index contributed by atoms with van der Waals surface area (Å²) in [6.07, 6.45) is 2.31. The lowest BCUT2D eigenvalue weighted by atomic mass is 9.93. The molecule has 1 aromatic heterocycles. The van der Waals surface area contributed by atoms with Gasteiger partial charge in [0.1, 0.15) is 0 Å². The molecule has 1 amide bonds. The number of primary amides is 1. The quantitative estimate of drug-likeness (QED) is 0.860. The molecule has 0 aliphatic heterocycles. The number of rotatable bonds is 5. The summed E-state index contributed by atoms with van der Waals surface area (Å²) >= 11 is 1.70. The Morgan fingerprint density at radius 3 is 2.44 bits per heavy atom. The molecular formula is C12H20N2OS. The van der Waals surface area contributed by atoms with Crippen LogP contribution in [0.2, 0.25) is 0 Å². The molecule has 0 spiro atoms. The van der Waals surface area contributed by atoms with Crippen molar-refractivity contribution < 1.29 is 4.79 Å². The summed E-state index contributed by atoms with van der Waals surface area (Å²) in [5.74, 6) is 0.793. The predicted molar refractivity (Wildman–Crippen MR) is 67.6 cm³/mol. The molecule has 16 heavy (non-hydrogen) atoms. The van der Waals surface area contributed by atoms with Gasteiger partial charge in [-0.2, -0.15) is 0 Å². The molecule has 1 rings (SSSR count). The fourth-order valence-electron chi connectivity index (χ4n) is 1.56. The summed E-state index contributed by atoms with van der Waals surface area (Å²) in [5, 5.41) is 1.04. The third kappa shape index (κ3) is 3.30. The second kappa shape index (κ2) is 5.43. The number of nitrogens with two attached hydrogens (primary N) is 1. The van der Waals surface area contributed by atoms with E-state index in [1.54, 1.807) is 11.3 Å². The fraction of sp³-hybridized carbons (Fsp3) is 0.667. The highest BCUT2D eigenvalue weighted by Crippen LogP contribution is 2.33. The summed E-state index contributed by atoms with van der Waals surface area (Å²) < 4.78 is 0. The number of hydrogen-bond acceptors (Lipinski definition) is 3. The van der Waals surface area contributed by atoms with Gasteiger partial charge in [0.15, 0.2) is 0 Å². The van der Waals surface area contributed by atoms with Crippen molar-refractivity contribution in [2.24, 2.45) is 11.7 Å². The van der Waals surface area contributed by atoms with E-state index in [1.807, 2.05) is 6.20 Å². The van der Waals surface area contributed by atoms with Crippen LogP contribution in [0.15, 0.2) is 6.20 Å². The molecule has 1 atom stereocenters. The Morgan fingerprint density at radius 1 is 1.44 bits per heavy atom. The lowest BCUT2D eigenvalue weighted by molar-refractivity contribution is -0.118. The van der Waals surface area contributed by atoms with Crippen molar-refractivity contribution in [3.63, 3.8) is 0 Å². The topological polar surface area (TPSA) is 56.0 Å². The van der Waals surface area contributed by atoms with Crippen molar-refractivity contribution in [2.45, 2.75) is 46.0 Å². The van der Waals surface area contributed by atoms with Crippen molar-refractivity contribution in [3.8, 4) is 0 Å². The maximum Gasteiger partial charge on any atom is 0.218 e. The number of aromatic nitrogens is 1.